The molecule has 2 rings (SSSR count). The van der Waals surface area contributed by atoms with Gasteiger partial charge in [-0.1, -0.05) is 19.3 Å². The van der Waals surface area contributed by atoms with Crippen LogP contribution in [0.4, 0.5) is 5.69 Å². The minimum atomic E-state index is 0.745. The Hall–Kier alpha value is -0.670. The second kappa shape index (κ2) is 6.16. The van der Waals surface area contributed by atoms with Gasteiger partial charge in [0, 0.05) is 22.5 Å². The van der Waals surface area contributed by atoms with Crippen LogP contribution in [-0.2, 0) is 0 Å². The average Bonchev–Trinajstić information content (AvgIpc) is 2.33. The molecule has 0 aromatic heterocycles. The second-order valence-electron chi connectivity index (χ2n) is 4.40. The Bertz CT molecular complexity index is 304. The molecular weight excluding hydrogens is 216 g/mol. The third-order valence-electron chi connectivity index (χ3n) is 3.10. The summed E-state index contributed by atoms with van der Waals surface area (Å²) in [7, 11) is 0. The monoisotopic (exact) mass is 236 g/mol. The third-order valence-corrected chi connectivity index (χ3v) is 4.01. The molecule has 0 bridgehead atoms. The van der Waals surface area contributed by atoms with Gasteiger partial charge in [-0.15, -0.1) is 11.8 Å². The van der Waals surface area contributed by atoms with Gasteiger partial charge in [-0.3, -0.25) is 0 Å². The van der Waals surface area contributed by atoms with Crippen molar-refractivity contribution in [2.24, 2.45) is 0 Å². The van der Waals surface area contributed by atoms with Gasteiger partial charge in [-0.05, 0) is 37.1 Å². The fraction of sp³-hybridized carbons (Fsp3) is 0.538. The Morgan fingerprint density at radius 1 is 1.12 bits per heavy atom. The smallest absolute Gasteiger partial charge is 0.0467 e. The lowest BCUT2D eigenvalue weighted by Crippen LogP contribution is -2.30. The van der Waals surface area contributed by atoms with Crippen molar-refractivity contribution in [1.82, 2.24) is 5.32 Å². The number of nitrogens with two attached hydrogens (primary N) is 1. The number of nitrogens with one attached hydrogen (secondary N) is 1. The summed E-state index contributed by atoms with van der Waals surface area (Å²) in [6.07, 6.45) is 6.91. The number of benzene rings is 1. The molecule has 0 amide bonds. The molecule has 0 aliphatic heterocycles. The van der Waals surface area contributed by atoms with Crippen LogP contribution in [-0.4, -0.2) is 11.9 Å². The number of thioether (sulfide) groups is 1. The van der Waals surface area contributed by atoms with Crippen LogP contribution in [0.25, 0.3) is 0 Å². The summed E-state index contributed by atoms with van der Waals surface area (Å²) < 4.78 is 0. The molecule has 1 fully saturated rings. The highest BCUT2D eigenvalue weighted by atomic mass is 32.2. The maximum Gasteiger partial charge on any atom is 0.0467 e. The lowest BCUT2D eigenvalue weighted by atomic mass is 9.96. The molecule has 1 aliphatic rings. The topological polar surface area (TPSA) is 38.0 Å². The summed E-state index contributed by atoms with van der Waals surface area (Å²) >= 11 is 1.86. The van der Waals surface area contributed by atoms with Gasteiger partial charge in [-0.2, -0.15) is 0 Å². The lowest BCUT2D eigenvalue weighted by molar-refractivity contribution is 0.390. The number of anilines is 1. The summed E-state index contributed by atoms with van der Waals surface area (Å²) in [5.41, 5.74) is 6.48. The highest BCUT2D eigenvalue weighted by Crippen LogP contribution is 2.21. The normalized spacial score (nSPS) is 17.5. The summed E-state index contributed by atoms with van der Waals surface area (Å²) in [6.45, 7) is 0. The molecule has 88 valence electrons. The summed E-state index contributed by atoms with van der Waals surface area (Å²) in [6, 6.07) is 8.84. The molecule has 1 aliphatic carbocycles. The molecule has 3 heteroatoms. The number of hydrogen-bond donors (Lipinski definition) is 2. The minimum Gasteiger partial charge on any atom is -0.399 e. The van der Waals surface area contributed by atoms with Gasteiger partial charge in [0.2, 0.25) is 0 Å². The predicted molar refractivity (Wildman–Crippen MR) is 71.6 cm³/mol. The number of nitrogen functional groups attached to an aromatic ring is 1. The van der Waals surface area contributed by atoms with Gasteiger partial charge in [-0.25, -0.2) is 0 Å². The molecule has 0 radical (unpaired) electrons. The van der Waals surface area contributed by atoms with Crippen molar-refractivity contribution in [2.75, 3.05) is 11.6 Å². The Labute approximate surface area is 102 Å². The molecule has 0 unspecified atom stereocenters. The van der Waals surface area contributed by atoms with Crippen LogP contribution in [0.1, 0.15) is 32.1 Å². The zero-order valence-corrected chi connectivity index (χ0v) is 10.4. The van der Waals surface area contributed by atoms with E-state index in [-0.39, 0.29) is 0 Å². The van der Waals surface area contributed by atoms with Crippen molar-refractivity contribution in [1.29, 1.82) is 0 Å². The largest absolute Gasteiger partial charge is 0.399 e. The van der Waals surface area contributed by atoms with Crippen molar-refractivity contribution in [3.63, 3.8) is 0 Å². The van der Waals surface area contributed by atoms with Crippen molar-refractivity contribution < 1.29 is 0 Å². The van der Waals surface area contributed by atoms with Crippen molar-refractivity contribution in [3.8, 4) is 0 Å². The third kappa shape index (κ3) is 3.72. The fourth-order valence-corrected chi connectivity index (χ4v) is 2.93. The Kier molecular flexibility index (Phi) is 4.55. The molecule has 16 heavy (non-hydrogen) atoms. The van der Waals surface area contributed by atoms with Gasteiger partial charge >= 0.3 is 0 Å². The maximum absolute atomic E-state index is 5.65. The Balaban J connectivity index is 1.69. The summed E-state index contributed by atoms with van der Waals surface area (Å²) in [5.74, 6) is 1.01. The van der Waals surface area contributed by atoms with E-state index < -0.39 is 0 Å². The van der Waals surface area contributed by atoms with E-state index in [2.05, 4.69) is 17.4 Å². The first-order chi connectivity index (χ1) is 7.84. The molecule has 0 saturated heterocycles. The van der Waals surface area contributed by atoms with Crippen LogP contribution in [0.3, 0.4) is 0 Å². The van der Waals surface area contributed by atoms with E-state index in [1.165, 1.54) is 37.0 Å². The maximum atomic E-state index is 5.65. The standard InChI is InChI=1S/C13H20N2S/c14-11-6-8-13(9-7-11)16-10-15-12-4-2-1-3-5-12/h6-9,12,15H,1-5,10,14H2. The molecular formula is C13H20N2S. The van der Waals surface area contributed by atoms with E-state index in [0.717, 1.165) is 17.6 Å². The van der Waals surface area contributed by atoms with Crippen LogP contribution in [0, 0.1) is 0 Å². The molecule has 1 aromatic rings. The van der Waals surface area contributed by atoms with E-state index in [4.69, 9.17) is 5.73 Å². The van der Waals surface area contributed by atoms with E-state index in [0.29, 0.717) is 0 Å². The summed E-state index contributed by atoms with van der Waals surface area (Å²) in [4.78, 5) is 1.29. The van der Waals surface area contributed by atoms with Gasteiger partial charge in [0.25, 0.3) is 0 Å². The second-order valence-corrected chi connectivity index (χ2v) is 5.45. The summed E-state index contributed by atoms with van der Waals surface area (Å²) in [5, 5.41) is 3.62. The van der Waals surface area contributed by atoms with Crippen molar-refractivity contribution in [2.45, 2.75) is 43.0 Å². The highest BCUT2D eigenvalue weighted by Gasteiger charge is 2.11. The molecule has 0 spiro atoms. The highest BCUT2D eigenvalue weighted by molar-refractivity contribution is 7.99. The first-order valence-electron chi connectivity index (χ1n) is 6.06. The molecule has 0 heterocycles. The number of hydrogen-bond acceptors (Lipinski definition) is 3. The van der Waals surface area contributed by atoms with Gasteiger partial charge in [0.1, 0.15) is 0 Å². The van der Waals surface area contributed by atoms with Gasteiger partial charge in [0.15, 0.2) is 0 Å². The molecule has 1 saturated carbocycles. The number of rotatable bonds is 4. The molecule has 1 aromatic carbocycles. The van der Waals surface area contributed by atoms with Crippen LogP contribution in [0.5, 0.6) is 0 Å². The Morgan fingerprint density at radius 2 is 1.81 bits per heavy atom. The molecule has 3 N–H and O–H groups in total. The minimum absolute atomic E-state index is 0.745. The van der Waals surface area contributed by atoms with Crippen LogP contribution < -0.4 is 11.1 Å². The zero-order chi connectivity index (χ0) is 11.2. The van der Waals surface area contributed by atoms with Crippen molar-refractivity contribution >= 4 is 17.4 Å². The lowest BCUT2D eigenvalue weighted by Gasteiger charge is -2.22. The first-order valence-corrected chi connectivity index (χ1v) is 7.05. The average molecular weight is 236 g/mol. The van der Waals surface area contributed by atoms with E-state index >= 15 is 0 Å². The SMILES string of the molecule is Nc1ccc(SCNC2CCCCC2)cc1. The Morgan fingerprint density at radius 3 is 2.50 bits per heavy atom. The fourth-order valence-electron chi connectivity index (χ4n) is 2.11. The van der Waals surface area contributed by atoms with Crippen LogP contribution >= 0.6 is 11.8 Å². The van der Waals surface area contributed by atoms with E-state index in [9.17, 15) is 0 Å². The molecule has 0 atom stereocenters. The van der Waals surface area contributed by atoms with Crippen LogP contribution in [0.15, 0.2) is 29.2 Å². The zero-order valence-electron chi connectivity index (χ0n) is 9.61. The van der Waals surface area contributed by atoms with Crippen molar-refractivity contribution in [3.05, 3.63) is 24.3 Å². The quantitative estimate of drug-likeness (QED) is 0.479. The van der Waals surface area contributed by atoms with E-state index in [1.54, 1.807) is 0 Å². The van der Waals surface area contributed by atoms with Gasteiger partial charge < -0.3 is 11.1 Å². The van der Waals surface area contributed by atoms with Crippen LogP contribution in [0.2, 0.25) is 0 Å². The van der Waals surface area contributed by atoms with Gasteiger partial charge in [0.05, 0.1) is 0 Å². The first kappa shape index (κ1) is 11.8. The van der Waals surface area contributed by atoms with E-state index in [1.807, 2.05) is 23.9 Å². The molecule has 2 nitrogen and oxygen atoms in total. The predicted octanol–water partition coefficient (Wildman–Crippen LogP) is 3.24.